The number of aryl methyl sites for hydroxylation is 1. The molecule has 0 aliphatic rings. The van der Waals surface area contributed by atoms with Crippen LogP contribution in [0.1, 0.15) is 25.3 Å². The van der Waals surface area contributed by atoms with E-state index in [-0.39, 0.29) is 11.3 Å². The topological polar surface area (TPSA) is 72.5 Å². The van der Waals surface area contributed by atoms with Crippen LogP contribution in [0.25, 0.3) is 0 Å². The molecule has 19 heavy (non-hydrogen) atoms. The first-order valence-electron chi connectivity index (χ1n) is 6.05. The van der Waals surface area contributed by atoms with E-state index in [9.17, 15) is 13.2 Å². The minimum Gasteiger partial charge on any atom is -0.469 e. The molecule has 106 valence electrons. The van der Waals surface area contributed by atoms with Crippen LogP contribution in [-0.2, 0) is 19.6 Å². The molecule has 1 rings (SSSR count). The average molecular weight is 285 g/mol. The lowest BCUT2D eigenvalue weighted by Crippen LogP contribution is -2.36. The smallest absolute Gasteiger partial charge is 0.307 e. The van der Waals surface area contributed by atoms with E-state index in [1.807, 2.05) is 13.8 Å². The van der Waals surface area contributed by atoms with E-state index in [1.165, 1.54) is 7.11 Å². The standard InChI is InChI=1S/C13H19NO4S/c1-4-11(9-13(15)18-3)14-19(16,17)12-7-5-10(2)6-8-12/h5-8,11,14H,4,9H2,1-3H3/t11-/m1/s1. The molecule has 0 fully saturated rings. The first kappa shape index (κ1) is 15.7. The number of methoxy groups -OCH3 is 1. The van der Waals surface area contributed by atoms with E-state index in [1.54, 1.807) is 24.3 Å². The Morgan fingerprint density at radius 1 is 1.32 bits per heavy atom. The minimum atomic E-state index is -3.60. The summed E-state index contributed by atoms with van der Waals surface area (Å²) in [7, 11) is -2.32. The molecule has 0 spiro atoms. The zero-order valence-corrected chi connectivity index (χ0v) is 12.2. The highest BCUT2D eigenvalue weighted by Gasteiger charge is 2.21. The van der Waals surface area contributed by atoms with Gasteiger partial charge in [0.05, 0.1) is 18.4 Å². The Hall–Kier alpha value is -1.40. The van der Waals surface area contributed by atoms with Gasteiger partial charge in [0.25, 0.3) is 0 Å². The monoisotopic (exact) mass is 285 g/mol. The van der Waals surface area contributed by atoms with Gasteiger partial charge in [-0.1, -0.05) is 24.6 Å². The molecule has 1 atom stereocenters. The molecule has 0 amide bonds. The number of sulfonamides is 1. The molecule has 6 heteroatoms. The third-order valence-electron chi connectivity index (χ3n) is 2.79. The normalized spacial score (nSPS) is 13.0. The van der Waals surface area contributed by atoms with Crippen LogP contribution in [0.3, 0.4) is 0 Å². The van der Waals surface area contributed by atoms with E-state index >= 15 is 0 Å². The third-order valence-corrected chi connectivity index (χ3v) is 4.32. The van der Waals surface area contributed by atoms with Crippen LogP contribution in [0, 0.1) is 6.92 Å². The van der Waals surface area contributed by atoms with Crippen LogP contribution in [0.2, 0.25) is 0 Å². The summed E-state index contributed by atoms with van der Waals surface area (Å²) < 4.78 is 31.3. The van der Waals surface area contributed by atoms with Gasteiger partial charge >= 0.3 is 5.97 Å². The van der Waals surface area contributed by atoms with Crippen molar-refractivity contribution >= 4 is 16.0 Å². The molecule has 0 heterocycles. The van der Waals surface area contributed by atoms with Crippen LogP contribution in [0.5, 0.6) is 0 Å². The molecular weight excluding hydrogens is 266 g/mol. The highest BCUT2D eigenvalue weighted by atomic mass is 32.2. The summed E-state index contributed by atoms with van der Waals surface area (Å²) in [4.78, 5) is 11.4. The molecule has 5 nitrogen and oxygen atoms in total. The Bertz CT molecular complexity index is 522. The van der Waals surface area contributed by atoms with Crippen molar-refractivity contribution in [2.45, 2.75) is 37.6 Å². The van der Waals surface area contributed by atoms with Gasteiger partial charge in [-0.2, -0.15) is 0 Å². The summed E-state index contributed by atoms with van der Waals surface area (Å²) in [5.41, 5.74) is 0.987. The van der Waals surface area contributed by atoms with Crippen molar-refractivity contribution in [2.75, 3.05) is 7.11 Å². The Labute approximate surface area is 114 Å². The van der Waals surface area contributed by atoms with Gasteiger partial charge < -0.3 is 4.74 Å². The average Bonchev–Trinajstić information content (AvgIpc) is 2.38. The van der Waals surface area contributed by atoms with Crippen molar-refractivity contribution in [1.82, 2.24) is 4.72 Å². The lowest BCUT2D eigenvalue weighted by atomic mass is 10.2. The molecule has 1 N–H and O–H groups in total. The molecule has 0 aliphatic carbocycles. The predicted octanol–water partition coefficient (Wildman–Crippen LogP) is 1.62. The van der Waals surface area contributed by atoms with Crippen LogP contribution < -0.4 is 4.72 Å². The van der Waals surface area contributed by atoms with Gasteiger partial charge in [-0.25, -0.2) is 13.1 Å². The summed E-state index contributed by atoms with van der Waals surface area (Å²) in [6, 6.07) is 6.09. The van der Waals surface area contributed by atoms with Gasteiger partial charge in [0.15, 0.2) is 0 Å². The van der Waals surface area contributed by atoms with Gasteiger partial charge in [-0.15, -0.1) is 0 Å². The van der Waals surface area contributed by atoms with Gasteiger partial charge in [-0.05, 0) is 25.5 Å². The number of benzene rings is 1. The summed E-state index contributed by atoms with van der Waals surface area (Å²) in [6.45, 7) is 3.70. The molecular formula is C13H19NO4S. The second kappa shape index (κ2) is 6.68. The van der Waals surface area contributed by atoms with Crippen molar-refractivity contribution in [3.63, 3.8) is 0 Å². The van der Waals surface area contributed by atoms with E-state index < -0.39 is 22.0 Å². The number of esters is 1. The zero-order valence-electron chi connectivity index (χ0n) is 11.3. The summed E-state index contributed by atoms with van der Waals surface area (Å²) in [5.74, 6) is -0.432. The number of rotatable bonds is 6. The minimum absolute atomic E-state index is 0.0259. The largest absolute Gasteiger partial charge is 0.469 e. The Morgan fingerprint density at radius 3 is 2.37 bits per heavy atom. The molecule has 0 unspecified atom stereocenters. The van der Waals surface area contributed by atoms with Crippen LogP contribution >= 0.6 is 0 Å². The number of hydrogen-bond donors (Lipinski definition) is 1. The summed E-state index contributed by atoms with van der Waals surface area (Å²) in [5, 5.41) is 0. The fourth-order valence-corrected chi connectivity index (χ4v) is 2.88. The van der Waals surface area contributed by atoms with E-state index in [4.69, 9.17) is 0 Å². The molecule has 0 radical (unpaired) electrons. The molecule has 1 aromatic rings. The zero-order chi connectivity index (χ0) is 14.5. The first-order valence-corrected chi connectivity index (χ1v) is 7.53. The van der Waals surface area contributed by atoms with Crippen molar-refractivity contribution in [1.29, 1.82) is 0 Å². The van der Waals surface area contributed by atoms with Gasteiger partial charge in [0, 0.05) is 6.04 Å². The van der Waals surface area contributed by atoms with Crippen molar-refractivity contribution < 1.29 is 17.9 Å². The quantitative estimate of drug-likeness (QED) is 0.806. The highest BCUT2D eigenvalue weighted by Crippen LogP contribution is 2.12. The number of ether oxygens (including phenoxy) is 1. The van der Waals surface area contributed by atoms with Gasteiger partial charge in [-0.3, -0.25) is 4.79 Å². The molecule has 0 aliphatic heterocycles. The van der Waals surface area contributed by atoms with E-state index in [0.29, 0.717) is 6.42 Å². The van der Waals surface area contributed by atoms with Crippen molar-refractivity contribution in [3.05, 3.63) is 29.8 Å². The molecule has 0 saturated carbocycles. The van der Waals surface area contributed by atoms with Crippen molar-refractivity contribution in [3.8, 4) is 0 Å². The van der Waals surface area contributed by atoms with E-state index in [2.05, 4.69) is 9.46 Å². The number of carbonyl (C=O) groups is 1. The summed E-state index contributed by atoms with van der Waals surface area (Å²) in [6.07, 6.45) is 0.540. The highest BCUT2D eigenvalue weighted by molar-refractivity contribution is 7.89. The Kier molecular flexibility index (Phi) is 5.50. The lowest BCUT2D eigenvalue weighted by molar-refractivity contribution is -0.141. The van der Waals surface area contributed by atoms with E-state index in [0.717, 1.165) is 5.56 Å². The maximum Gasteiger partial charge on any atom is 0.307 e. The molecule has 0 bridgehead atoms. The predicted molar refractivity (Wildman–Crippen MR) is 72.2 cm³/mol. The molecule has 0 saturated heterocycles. The molecule has 0 aromatic heterocycles. The number of hydrogen-bond acceptors (Lipinski definition) is 4. The first-order chi connectivity index (χ1) is 8.89. The maximum atomic E-state index is 12.1. The van der Waals surface area contributed by atoms with Gasteiger partial charge in [0.2, 0.25) is 10.0 Å². The van der Waals surface area contributed by atoms with Gasteiger partial charge in [0.1, 0.15) is 0 Å². The lowest BCUT2D eigenvalue weighted by Gasteiger charge is -2.16. The Balaban J connectivity index is 2.83. The summed E-state index contributed by atoms with van der Waals surface area (Å²) >= 11 is 0. The maximum absolute atomic E-state index is 12.1. The third kappa shape index (κ3) is 4.65. The second-order valence-electron chi connectivity index (χ2n) is 4.32. The Morgan fingerprint density at radius 2 is 1.89 bits per heavy atom. The number of carbonyl (C=O) groups excluding carboxylic acids is 1. The van der Waals surface area contributed by atoms with Crippen LogP contribution in [0.4, 0.5) is 0 Å². The number of nitrogens with one attached hydrogen (secondary N) is 1. The van der Waals surface area contributed by atoms with Crippen molar-refractivity contribution in [2.24, 2.45) is 0 Å². The second-order valence-corrected chi connectivity index (χ2v) is 6.03. The van der Waals surface area contributed by atoms with Crippen LogP contribution in [-0.4, -0.2) is 27.5 Å². The fourth-order valence-electron chi connectivity index (χ4n) is 1.56. The fraction of sp³-hybridized carbons (Fsp3) is 0.462. The van der Waals surface area contributed by atoms with Crippen LogP contribution in [0.15, 0.2) is 29.2 Å². The SMILES string of the molecule is CC[C@H](CC(=O)OC)NS(=O)(=O)c1ccc(C)cc1. The molecule has 1 aromatic carbocycles.